The Morgan fingerprint density at radius 3 is 2.37 bits per heavy atom. The van der Waals surface area contributed by atoms with Crippen molar-refractivity contribution in [1.82, 2.24) is 9.80 Å². The standard InChI is InChI=1S/C21H27F3N2O4/c1-13-12-25(9-10-26(13)19(28)30-20(2,3)4)18(27)16-11-15(16)14-7-5-6-8-17(14)29-21(22,23)24/h5-8,13,15-16H,9-12H2,1-4H3/t13-,15-,16+/m1/s1. The summed E-state index contributed by atoms with van der Waals surface area (Å²) in [5.41, 5.74) is -0.203. The van der Waals surface area contributed by atoms with E-state index in [1.54, 1.807) is 42.7 Å². The van der Waals surface area contributed by atoms with Crippen LogP contribution in [0.25, 0.3) is 0 Å². The molecule has 9 heteroatoms. The molecule has 1 heterocycles. The van der Waals surface area contributed by atoms with Gasteiger partial charge < -0.3 is 19.3 Å². The number of alkyl halides is 3. The highest BCUT2D eigenvalue weighted by molar-refractivity contribution is 5.83. The molecule has 1 saturated carbocycles. The molecule has 1 aromatic rings. The maximum Gasteiger partial charge on any atom is 0.573 e. The lowest BCUT2D eigenvalue weighted by atomic mass is 10.1. The molecule has 1 aromatic carbocycles. The normalized spacial score (nSPS) is 24.4. The van der Waals surface area contributed by atoms with E-state index in [9.17, 15) is 22.8 Å². The molecule has 0 N–H and O–H groups in total. The highest BCUT2D eigenvalue weighted by Gasteiger charge is 2.48. The Bertz CT molecular complexity index is 806. The van der Waals surface area contributed by atoms with Crippen molar-refractivity contribution in [3.63, 3.8) is 0 Å². The third kappa shape index (κ3) is 5.37. The van der Waals surface area contributed by atoms with Crippen LogP contribution in [0, 0.1) is 5.92 Å². The summed E-state index contributed by atoms with van der Waals surface area (Å²) in [5, 5.41) is 0. The van der Waals surface area contributed by atoms with Crippen LogP contribution in [-0.4, -0.2) is 59.4 Å². The molecule has 0 unspecified atom stereocenters. The molecule has 0 radical (unpaired) electrons. The molecule has 1 aliphatic carbocycles. The van der Waals surface area contributed by atoms with Crippen molar-refractivity contribution in [3.8, 4) is 5.75 Å². The zero-order valence-corrected chi connectivity index (χ0v) is 17.5. The third-order valence-electron chi connectivity index (χ3n) is 5.22. The van der Waals surface area contributed by atoms with Gasteiger partial charge in [0, 0.05) is 31.6 Å². The molecular weight excluding hydrogens is 401 g/mol. The summed E-state index contributed by atoms with van der Waals surface area (Å²) >= 11 is 0. The largest absolute Gasteiger partial charge is 0.573 e. The van der Waals surface area contributed by atoms with Gasteiger partial charge in [0.05, 0.1) is 0 Å². The summed E-state index contributed by atoms with van der Waals surface area (Å²) in [6.45, 7) is 8.32. The van der Waals surface area contributed by atoms with E-state index < -0.39 is 18.1 Å². The fourth-order valence-electron chi connectivity index (χ4n) is 3.80. The number of rotatable bonds is 3. The number of ether oxygens (including phenoxy) is 2. The molecule has 0 spiro atoms. The predicted octanol–water partition coefficient (Wildman–Crippen LogP) is 4.16. The third-order valence-corrected chi connectivity index (χ3v) is 5.22. The maximum absolute atomic E-state index is 12.9. The van der Waals surface area contributed by atoms with E-state index in [0.29, 0.717) is 31.6 Å². The Balaban J connectivity index is 1.61. The van der Waals surface area contributed by atoms with Crippen LogP contribution in [-0.2, 0) is 9.53 Å². The molecule has 3 atom stereocenters. The van der Waals surface area contributed by atoms with Crippen LogP contribution in [0.4, 0.5) is 18.0 Å². The molecule has 2 fully saturated rings. The van der Waals surface area contributed by atoms with E-state index in [2.05, 4.69) is 4.74 Å². The van der Waals surface area contributed by atoms with Gasteiger partial charge >= 0.3 is 12.5 Å². The van der Waals surface area contributed by atoms with Gasteiger partial charge in [0.2, 0.25) is 5.91 Å². The Morgan fingerprint density at radius 2 is 1.77 bits per heavy atom. The van der Waals surface area contributed by atoms with E-state index in [1.165, 1.54) is 12.1 Å². The number of para-hydroxylation sites is 1. The van der Waals surface area contributed by atoms with E-state index in [4.69, 9.17) is 4.74 Å². The second kappa shape index (κ2) is 8.00. The van der Waals surface area contributed by atoms with Crippen LogP contribution in [0.3, 0.4) is 0 Å². The number of piperazine rings is 1. The first-order valence-corrected chi connectivity index (χ1v) is 9.99. The van der Waals surface area contributed by atoms with E-state index in [-0.39, 0.29) is 29.5 Å². The number of hydrogen-bond donors (Lipinski definition) is 0. The quantitative estimate of drug-likeness (QED) is 0.726. The molecular formula is C21H27F3N2O4. The predicted molar refractivity (Wildman–Crippen MR) is 103 cm³/mol. The van der Waals surface area contributed by atoms with Crippen molar-refractivity contribution >= 4 is 12.0 Å². The average molecular weight is 428 g/mol. The molecule has 166 valence electrons. The summed E-state index contributed by atoms with van der Waals surface area (Å²) in [6.07, 6.45) is -4.71. The zero-order valence-electron chi connectivity index (χ0n) is 17.5. The Hall–Kier alpha value is -2.45. The number of benzene rings is 1. The minimum Gasteiger partial charge on any atom is -0.444 e. The lowest BCUT2D eigenvalue weighted by Crippen LogP contribution is -2.56. The highest BCUT2D eigenvalue weighted by Crippen LogP contribution is 2.51. The average Bonchev–Trinajstić information content (AvgIpc) is 3.39. The molecule has 2 aliphatic rings. The first kappa shape index (κ1) is 22.2. The van der Waals surface area contributed by atoms with Crippen LogP contribution in [0.5, 0.6) is 5.75 Å². The summed E-state index contributed by atoms with van der Waals surface area (Å²) in [5.74, 6) is -1.02. The number of halogens is 3. The van der Waals surface area contributed by atoms with Crippen LogP contribution in [0.15, 0.2) is 24.3 Å². The maximum atomic E-state index is 12.9. The monoisotopic (exact) mass is 428 g/mol. The van der Waals surface area contributed by atoms with Gasteiger partial charge in [0.25, 0.3) is 0 Å². The number of hydrogen-bond acceptors (Lipinski definition) is 4. The van der Waals surface area contributed by atoms with Crippen molar-refractivity contribution in [2.24, 2.45) is 5.92 Å². The van der Waals surface area contributed by atoms with Gasteiger partial charge in [-0.25, -0.2) is 4.79 Å². The van der Waals surface area contributed by atoms with Crippen molar-refractivity contribution in [3.05, 3.63) is 29.8 Å². The minimum absolute atomic E-state index is 0.0995. The van der Waals surface area contributed by atoms with Crippen molar-refractivity contribution in [2.45, 2.75) is 58.0 Å². The molecule has 3 rings (SSSR count). The summed E-state index contributed by atoms with van der Waals surface area (Å²) in [6, 6.07) is 5.74. The Kier molecular flexibility index (Phi) is 5.93. The molecule has 1 aliphatic heterocycles. The van der Waals surface area contributed by atoms with Gasteiger partial charge in [0.15, 0.2) is 0 Å². The second-order valence-electron chi connectivity index (χ2n) is 8.84. The lowest BCUT2D eigenvalue weighted by molar-refractivity contribution is -0.274. The fourth-order valence-corrected chi connectivity index (χ4v) is 3.80. The Labute approximate surface area is 173 Å². The summed E-state index contributed by atoms with van der Waals surface area (Å²) < 4.78 is 47.5. The van der Waals surface area contributed by atoms with Crippen molar-refractivity contribution in [2.75, 3.05) is 19.6 Å². The summed E-state index contributed by atoms with van der Waals surface area (Å²) in [7, 11) is 0. The topological polar surface area (TPSA) is 59.1 Å². The number of carbonyl (C=O) groups is 2. The highest BCUT2D eigenvalue weighted by atomic mass is 19.4. The van der Waals surface area contributed by atoms with Crippen LogP contribution < -0.4 is 4.74 Å². The van der Waals surface area contributed by atoms with Crippen LogP contribution in [0.2, 0.25) is 0 Å². The summed E-state index contributed by atoms with van der Waals surface area (Å²) in [4.78, 5) is 28.5. The van der Waals surface area contributed by atoms with Gasteiger partial charge in [-0.1, -0.05) is 18.2 Å². The first-order chi connectivity index (χ1) is 13.9. The van der Waals surface area contributed by atoms with Gasteiger partial charge in [-0.3, -0.25) is 4.79 Å². The van der Waals surface area contributed by atoms with Gasteiger partial charge in [-0.2, -0.15) is 0 Å². The Morgan fingerprint density at radius 1 is 1.10 bits per heavy atom. The lowest BCUT2D eigenvalue weighted by Gasteiger charge is -2.40. The van der Waals surface area contributed by atoms with Gasteiger partial charge in [0.1, 0.15) is 11.4 Å². The molecule has 0 bridgehead atoms. The van der Waals surface area contributed by atoms with Crippen LogP contribution in [0.1, 0.15) is 45.6 Å². The van der Waals surface area contributed by atoms with Crippen molar-refractivity contribution < 1.29 is 32.2 Å². The number of carbonyl (C=O) groups excluding carboxylic acids is 2. The molecule has 30 heavy (non-hydrogen) atoms. The second-order valence-corrected chi connectivity index (χ2v) is 8.84. The van der Waals surface area contributed by atoms with E-state index >= 15 is 0 Å². The SMILES string of the molecule is C[C@@H]1CN(C(=O)[C@H]2C[C@@H]2c2ccccc2OC(F)(F)F)CCN1C(=O)OC(C)(C)C. The number of nitrogens with zero attached hydrogens (tertiary/aromatic N) is 2. The molecule has 0 aromatic heterocycles. The first-order valence-electron chi connectivity index (χ1n) is 9.99. The van der Waals surface area contributed by atoms with Crippen LogP contribution >= 0.6 is 0 Å². The number of amides is 2. The molecule has 1 saturated heterocycles. The van der Waals surface area contributed by atoms with E-state index in [1.807, 2.05) is 6.92 Å². The molecule has 2 amide bonds. The minimum atomic E-state index is -4.78. The van der Waals surface area contributed by atoms with Gasteiger partial charge in [-0.15, -0.1) is 13.2 Å². The zero-order chi connectivity index (χ0) is 22.3. The van der Waals surface area contributed by atoms with Gasteiger partial charge in [-0.05, 0) is 51.7 Å². The fraction of sp³-hybridized carbons (Fsp3) is 0.619. The molecule has 6 nitrogen and oxygen atoms in total. The van der Waals surface area contributed by atoms with E-state index in [0.717, 1.165) is 0 Å². The smallest absolute Gasteiger partial charge is 0.444 e. The van der Waals surface area contributed by atoms with Crippen molar-refractivity contribution in [1.29, 1.82) is 0 Å².